The Morgan fingerprint density at radius 1 is 1.10 bits per heavy atom. The zero-order valence-corrected chi connectivity index (χ0v) is 11.3. The monoisotopic (exact) mass is 285 g/mol. The molecule has 0 bridgehead atoms. The molecule has 1 heterocycles. The molecule has 3 aromatic rings. The summed E-state index contributed by atoms with van der Waals surface area (Å²) in [4.78, 5) is 12.4. The molecule has 0 atom stereocenters. The standard InChI is InChI=1S/C15H12ClN3O/c16-11-6-7-12-13(8-11)15(20)19(18-14(12)17)9-10-4-2-1-3-5-10/h1-8H,9H2,(H2,17,18). The van der Waals surface area contributed by atoms with E-state index in [2.05, 4.69) is 5.10 Å². The number of anilines is 1. The van der Waals surface area contributed by atoms with E-state index < -0.39 is 0 Å². The molecular weight excluding hydrogens is 274 g/mol. The second-order valence-electron chi connectivity index (χ2n) is 4.52. The molecular formula is C15H12ClN3O. The van der Waals surface area contributed by atoms with Gasteiger partial charge in [-0.3, -0.25) is 4.79 Å². The zero-order valence-electron chi connectivity index (χ0n) is 10.6. The van der Waals surface area contributed by atoms with Crippen LogP contribution in [0, 0.1) is 0 Å². The third-order valence-electron chi connectivity index (χ3n) is 3.13. The summed E-state index contributed by atoms with van der Waals surface area (Å²) >= 11 is 5.95. The van der Waals surface area contributed by atoms with Crippen molar-refractivity contribution in [2.75, 3.05) is 5.73 Å². The molecule has 0 radical (unpaired) electrons. The molecule has 2 aromatic carbocycles. The van der Waals surface area contributed by atoms with Crippen molar-refractivity contribution in [1.82, 2.24) is 9.78 Å². The summed E-state index contributed by atoms with van der Waals surface area (Å²) in [5, 5.41) is 5.79. The Hall–Kier alpha value is -2.33. The van der Waals surface area contributed by atoms with Gasteiger partial charge in [0.1, 0.15) is 0 Å². The number of fused-ring (bicyclic) bond motifs is 1. The Morgan fingerprint density at radius 3 is 2.60 bits per heavy atom. The number of hydrogen-bond donors (Lipinski definition) is 1. The molecule has 100 valence electrons. The summed E-state index contributed by atoms with van der Waals surface area (Å²) < 4.78 is 1.36. The van der Waals surface area contributed by atoms with Crippen molar-refractivity contribution in [2.24, 2.45) is 0 Å². The molecule has 2 N–H and O–H groups in total. The molecule has 0 aliphatic rings. The van der Waals surface area contributed by atoms with Gasteiger partial charge in [-0.15, -0.1) is 0 Å². The maximum Gasteiger partial charge on any atom is 0.275 e. The predicted octanol–water partition coefficient (Wildman–Crippen LogP) is 2.68. The Balaban J connectivity index is 2.17. The van der Waals surface area contributed by atoms with Gasteiger partial charge in [0.15, 0.2) is 5.82 Å². The number of benzene rings is 2. The largest absolute Gasteiger partial charge is 0.382 e. The summed E-state index contributed by atoms with van der Waals surface area (Å²) in [7, 11) is 0. The van der Waals surface area contributed by atoms with E-state index in [1.54, 1.807) is 18.2 Å². The number of nitrogen functional groups attached to an aromatic ring is 1. The van der Waals surface area contributed by atoms with Crippen LogP contribution in [0.2, 0.25) is 5.02 Å². The Morgan fingerprint density at radius 2 is 1.85 bits per heavy atom. The molecule has 0 spiro atoms. The van der Waals surface area contributed by atoms with Gasteiger partial charge in [-0.2, -0.15) is 5.10 Å². The third kappa shape index (κ3) is 2.26. The minimum absolute atomic E-state index is 0.194. The van der Waals surface area contributed by atoms with Crippen LogP contribution in [0.1, 0.15) is 5.56 Å². The zero-order chi connectivity index (χ0) is 14.1. The van der Waals surface area contributed by atoms with Crippen LogP contribution in [0.5, 0.6) is 0 Å². The molecule has 0 aliphatic carbocycles. The van der Waals surface area contributed by atoms with Crippen LogP contribution in [-0.4, -0.2) is 9.78 Å². The van der Waals surface area contributed by atoms with E-state index in [9.17, 15) is 4.79 Å². The number of rotatable bonds is 2. The number of nitrogens with zero attached hydrogens (tertiary/aromatic N) is 2. The van der Waals surface area contributed by atoms with E-state index in [0.29, 0.717) is 28.2 Å². The topological polar surface area (TPSA) is 60.9 Å². The SMILES string of the molecule is Nc1nn(Cc2ccccc2)c(=O)c2cc(Cl)ccc12. The normalized spacial score (nSPS) is 10.8. The highest BCUT2D eigenvalue weighted by atomic mass is 35.5. The molecule has 4 nitrogen and oxygen atoms in total. The molecule has 5 heteroatoms. The molecule has 0 unspecified atom stereocenters. The number of nitrogens with two attached hydrogens (primary N) is 1. The van der Waals surface area contributed by atoms with E-state index >= 15 is 0 Å². The first-order chi connectivity index (χ1) is 9.65. The van der Waals surface area contributed by atoms with Crippen molar-refractivity contribution < 1.29 is 0 Å². The minimum atomic E-state index is -0.194. The van der Waals surface area contributed by atoms with Crippen molar-refractivity contribution in [3.05, 3.63) is 69.5 Å². The molecule has 0 saturated carbocycles. The average Bonchev–Trinajstić information content (AvgIpc) is 2.45. The highest BCUT2D eigenvalue weighted by Crippen LogP contribution is 2.19. The first-order valence-corrected chi connectivity index (χ1v) is 6.53. The van der Waals surface area contributed by atoms with Gasteiger partial charge in [0.2, 0.25) is 0 Å². The van der Waals surface area contributed by atoms with Gasteiger partial charge in [0.25, 0.3) is 5.56 Å². The molecule has 1 aromatic heterocycles. The lowest BCUT2D eigenvalue weighted by atomic mass is 10.2. The van der Waals surface area contributed by atoms with E-state index in [4.69, 9.17) is 17.3 Å². The highest BCUT2D eigenvalue weighted by Gasteiger charge is 2.09. The van der Waals surface area contributed by atoms with Crippen LogP contribution >= 0.6 is 11.6 Å². The fraction of sp³-hybridized carbons (Fsp3) is 0.0667. The van der Waals surface area contributed by atoms with Crippen LogP contribution in [0.4, 0.5) is 5.82 Å². The summed E-state index contributed by atoms with van der Waals surface area (Å²) in [5.41, 5.74) is 6.71. The van der Waals surface area contributed by atoms with Crippen LogP contribution < -0.4 is 11.3 Å². The van der Waals surface area contributed by atoms with Gasteiger partial charge in [-0.1, -0.05) is 41.9 Å². The van der Waals surface area contributed by atoms with E-state index in [1.165, 1.54) is 4.68 Å². The Labute approximate surface area is 120 Å². The first kappa shape index (κ1) is 12.7. The van der Waals surface area contributed by atoms with E-state index in [1.807, 2.05) is 30.3 Å². The van der Waals surface area contributed by atoms with Gasteiger partial charge < -0.3 is 5.73 Å². The van der Waals surface area contributed by atoms with E-state index in [0.717, 1.165) is 5.56 Å². The molecule has 0 aliphatic heterocycles. The molecule has 0 fully saturated rings. The van der Waals surface area contributed by atoms with Crippen molar-refractivity contribution in [1.29, 1.82) is 0 Å². The summed E-state index contributed by atoms with van der Waals surface area (Å²) in [6.07, 6.45) is 0. The quantitative estimate of drug-likeness (QED) is 0.787. The maximum absolute atomic E-state index is 12.4. The predicted molar refractivity (Wildman–Crippen MR) is 81.0 cm³/mol. The van der Waals surface area contributed by atoms with Crippen LogP contribution in [0.25, 0.3) is 10.8 Å². The molecule has 0 saturated heterocycles. The molecule has 0 amide bonds. The summed E-state index contributed by atoms with van der Waals surface area (Å²) in [6, 6.07) is 14.7. The first-order valence-electron chi connectivity index (χ1n) is 6.15. The summed E-state index contributed by atoms with van der Waals surface area (Å²) in [5.74, 6) is 0.326. The van der Waals surface area contributed by atoms with Gasteiger partial charge in [0.05, 0.1) is 11.9 Å². The fourth-order valence-electron chi connectivity index (χ4n) is 2.15. The van der Waals surface area contributed by atoms with Gasteiger partial charge in [-0.05, 0) is 23.8 Å². The van der Waals surface area contributed by atoms with Gasteiger partial charge in [0, 0.05) is 10.4 Å². The van der Waals surface area contributed by atoms with E-state index in [-0.39, 0.29) is 5.56 Å². The molecule has 3 rings (SSSR count). The maximum atomic E-state index is 12.4. The van der Waals surface area contributed by atoms with Gasteiger partial charge in [-0.25, -0.2) is 4.68 Å². The molecule has 20 heavy (non-hydrogen) atoms. The Kier molecular flexibility index (Phi) is 3.16. The highest BCUT2D eigenvalue weighted by molar-refractivity contribution is 6.31. The van der Waals surface area contributed by atoms with Crippen molar-refractivity contribution in [2.45, 2.75) is 6.54 Å². The Bertz CT molecular complexity index is 828. The lowest BCUT2D eigenvalue weighted by Crippen LogP contribution is -2.24. The smallest absolute Gasteiger partial charge is 0.275 e. The van der Waals surface area contributed by atoms with Crippen molar-refractivity contribution in [3.63, 3.8) is 0 Å². The van der Waals surface area contributed by atoms with Crippen molar-refractivity contribution >= 4 is 28.2 Å². The summed E-state index contributed by atoms with van der Waals surface area (Å²) in [6.45, 7) is 0.381. The van der Waals surface area contributed by atoms with Crippen LogP contribution in [-0.2, 0) is 6.54 Å². The number of aromatic nitrogens is 2. The van der Waals surface area contributed by atoms with Crippen molar-refractivity contribution in [3.8, 4) is 0 Å². The average molecular weight is 286 g/mol. The third-order valence-corrected chi connectivity index (χ3v) is 3.36. The number of hydrogen-bond acceptors (Lipinski definition) is 3. The number of halogens is 1. The minimum Gasteiger partial charge on any atom is -0.382 e. The fourth-order valence-corrected chi connectivity index (χ4v) is 2.32. The van der Waals surface area contributed by atoms with Crippen LogP contribution in [0.15, 0.2) is 53.3 Å². The second-order valence-corrected chi connectivity index (χ2v) is 4.96. The van der Waals surface area contributed by atoms with Gasteiger partial charge >= 0.3 is 0 Å². The lowest BCUT2D eigenvalue weighted by Gasteiger charge is -2.08. The van der Waals surface area contributed by atoms with Crippen LogP contribution in [0.3, 0.4) is 0 Å². The lowest BCUT2D eigenvalue weighted by molar-refractivity contribution is 0.652. The second kappa shape index (κ2) is 4.98.